The molecule has 5 heteroatoms. The normalized spacial score (nSPS) is 11.4. The minimum atomic E-state index is -0.146. The van der Waals surface area contributed by atoms with Gasteiger partial charge in [0, 0.05) is 35.9 Å². The Morgan fingerprint density at radius 2 is 1.57 bits per heavy atom. The van der Waals surface area contributed by atoms with Gasteiger partial charge in [-0.15, -0.1) is 0 Å². The van der Waals surface area contributed by atoms with Gasteiger partial charge in [0.1, 0.15) is 6.61 Å². The van der Waals surface area contributed by atoms with Crippen LogP contribution in [0.25, 0.3) is 0 Å². The van der Waals surface area contributed by atoms with Crippen molar-refractivity contribution in [2.45, 2.75) is 59.5 Å². The second-order valence-corrected chi connectivity index (χ2v) is 8.37. The minimum absolute atomic E-state index is 0.146. The highest BCUT2D eigenvalue weighted by Crippen LogP contribution is 2.30. The van der Waals surface area contributed by atoms with Crippen molar-refractivity contribution >= 4 is 11.6 Å². The smallest absolute Gasteiger partial charge is 0.255 e. The van der Waals surface area contributed by atoms with Gasteiger partial charge in [-0.05, 0) is 63.4 Å². The summed E-state index contributed by atoms with van der Waals surface area (Å²) in [5, 5.41) is 2.95. The van der Waals surface area contributed by atoms with Crippen molar-refractivity contribution in [1.29, 1.82) is 0 Å². The molecule has 0 atom stereocenters. The summed E-state index contributed by atoms with van der Waals surface area (Å²) < 4.78 is 11.4. The maximum Gasteiger partial charge on any atom is 0.255 e. The third-order valence-corrected chi connectivity index (χ3v) is 5.19. The first kappa shape index (κ1) is 23.7. The average Bonchev–Trinajstić information content (AvgIpc) is 2.70. The van der Waals surface area contributed by atoms with Gasteiger partial charge in [-0.1, -0.05) is 26.0 Å². The third kappa shape index (κ3) is 6.49. The fourth-order valence-electron chi connectivity index (χ4n) is 3.46. The number of amides is 1. The summed E-state index contributed by atoms with van der Waals surface area (Å²) in [6, 6.07) is 14.1. The van der Waals surface area contributed by atoms with Crippen LogP contribution in [0.15, 0.2) is 42.5 Å². The van der Waals surface area contributed by atoms with Gasteiger partial charge in [-0.25, -0.2) is 0 Å². The quantitative estimate of drug-likeness (QED) is 0.554. The molecular weight excluding hydrogens is 376 g/mol. The van der Waals surface area contributed by atoms with Crippen molar-refractivity contribution in [3.8, 4) is 11.5 Å². The van der Waals surface area contributed by atoms with E-state index in [1.165, 1.54) is 5.56 Å². The molecule has 0 fully saturated rings. The molecule has 0 unspecified atom stereocenters. The van der Waals surface area contributed by atoms with Crippen LogP contribution in [0.2, 0.25) is 0 Å². The number of hydrogen-bond donors (Lipinski definition) is 1. The van der Waals surface area contributed by atoms with Crippen LogP contribution in [-0.2, 0) is 0 Å². The first-order valence-corrected chi connectivity index (χ1v) is 10.7. The lowest BCUT2D eigenvalue weighted by molar-refractivity contribution is 0.102. The minimum Gasteiger partial charge on any atom is -0.493 e. The Bertz CT molecular complexity index is 806. The van der Waals surface area contributed by atoms with Crippen molar-refractivity contribution in [2.24, 2.45) is 0 Å². The summed E-state index contributed by atoms with van der Waals surface area (Å²) in [5.74, 6) is 1.56. The van der Waals surface area contributed by atoms with Gasteiger partial charge in [0.05, 0.1) is 7.11 Å². The standard InChI is InChI=1S/C25H36N2O3/c1-17(2)20-8-10-21(11-9-20)25(28)26-22-12-13-23(29-7)24(16-22)30-15-14-27(18(3)4)19(5)6/h8-13,16-19H,14-15H2,1-7H3,(H,26,28). The lowest BCUT2D eigenvalue weighted by atomic mass is 10.0. The summed E-state index contributed by atoms with van der Waals surface area (Å²) in [5.41, 5.74) is 2.51. The summed E-state index contributed by atoms with van der Waals surface area (Å²) in [4.78, 5) is 15.0. The highest BCUT2D eigenvalue weighted by molar-refractivity contribution is 6.04. The average molecular weight is 413 g/mol. The number of rotatable bonds is 10. The molecule has 2 aromatic carbocycles. The van der Waals surface area contributed by atoms with Crippen LogP contribution in [-0.4, -0.2) is 43.2 Å². The lowest BCUT2D eigenvalue weighted by Crippen LogP contribution is -2.39. The summed E-state index contributed by atoms with van der Waals surface area (Å²) in [7, 11) is 1.62. The van der Waals surface area contributed by atoms with E-state index in [1.807, 2.05) is 42.5 Å². The van der Waals surface area contributed by atoms with Crippen molar-refractivity contribution in [3.05, 3.63) is 53.6 Å². The molecule has 164 valence electrons. The molecule has 0 saturated heterocycles. The van der Waals surface area contributed by atoms with Gasteiger partial charge >= 0.3 is 0 Å². The predicted molar refractivity (Wildman–Crippen MR) is 124 cm³/mol. The molecule has 0 spiro atoms. The van der Waals surface area contributed by atoms with Gasteiger partial charge in [-0.3, -0.25) is 9.69 Å². The Morgan fingerprint density at radius 3 is 2.10 bits per heavy atom. The summed E-state index contributed by atoms with van der Waals surface area (Å²) in [6.07, 6.45) is 0. The third-order valence-electron chi connectivity index (χ3n) is 5.19. The van der Waals surface area contributed by atoms with Crippen LogP contribution in [0.5, 0.6) is 11.5 Å². The van der Waals surface area contributed by atoms with E-state index in [0.717, 1.165) is 6.54 Å². The second kappa shape index (κ2) is 11.0. The molecule has 30 heavy (non-hydrogen) atoms. The fraction of sp³-hybridized carbons (Fsp3) is 0.480. The van der Waals surface area contributed by atoms with Crippen LogP contribution >= 0.6 is 0 Å². The molecule has 1 amide bonds. The highest BCUT2D eigenvalue weighted by atomic mass is 16.5. The Labute approximate surface area is 181 Å². The topological polar surface area (TPSA) is 50.8 Å². The number of anilines is 1. The van der Waals surface area contributed by atoms with Crippen LogP contribution in [0.1, 0.15) is 63.4 Å². The zero-order valence-corrected chi connectivity index (χ0v) is 19.4. The number of carbonyl (C=O) groups excluding carboxylic acids is 1. The SMILES string of the molecule is COc1ccc(NC(=O)c2ccc(C(C)C)cc2)cc1OCCN(C(C)C)C(C)C. The second-order valence-electron chi connectivity index (χ2n) is 8.37. The maximum absolute atomic E-state index is 12.6. The zero-order valence-electron chi connectivity index (χ0n) is 19.4. The number of methoxy groups -OCH3 is 1. The number of ether oxygens (including phenoxy) is 2. The van der Waals surface area contributed by atoms with Crippen molar-refractivity contribution < 1.29 is 14.3 Å². The van der Waals surface area contributed by atoms with Crippen molar-refractivity contribution in [3.63, 3.8) is 0 Å². The molecule has 2 rings (SSSR count). The summed E-state index contributed by atoms with van der Waals surface area (Å²) >= 11 is 0. The molecular formula is C25H36N2O3. The van der Waals surface area contributed by atoms with Gasteiger partial charge in [0.15, 0.2) is 11.5 Å². The zero-order chi connectivity index (χ0) is 22.3. The molecule has 0 aliphatic rings. The van der Waals surface area contributed by atoms with Crippen molar-refractivity contribution in [2.75, 3.05) is 25.6 Å². The van der Waals surface area contributed by atoms with Gasteiger partial charge in [0.25, 0.3) is 5.91 Å². The largest absolute Gasteiger partial charge is 0.493 e. The Balaban J connectivity index is 2.06. The summed E-state index contributed by atoms with van der Waals surface area (Å²) in [6.45, 7) is 14.4. The van der Waals surface area contributed by atoms with Crippen LogP contribution in [0, 0.1) is 0 Å². The van der Waals surface area contributed by atoms with Gasteiger partial charge < -0.3 is 14.8 Å². The van der Waals surface area contributed by atoms with E-state index in [4.69, 9.17) is 9.47 Å². The first-order valence-electron chi connectivity index (χ1n) is 10.7. The monoisotopic (exact) mass is 412 g/mol. The van der Waals surface area contributed by atoms with E-state index in [1.54, 1.807) is 7.11 Å². The van der Waals surface area contributed by atoms with E-state index < -0.39 is 0 Å². The molecule has 1 N–H and O–H groups in total. The van der Waals surface area contributed by atoms with Crippen LogP contribution < -0.4 is 14.8 Å². The van der Waals surface area contributed by atoms with E-state index in [0.29, 0.717) is 47.4 Å². The molecule has 0 heterocycles. The van der Waals surface area contributed by atoms with Crippen LogP contribution in [0.4, 0.5) is 5.69 Å². The lowest BCUT2D eigenvalue weighted by Gasteiger charge is -2.30. The van der Waals surface area contributed by atoms with Crippen molar-refractivity contribution in [1.82, 2.24) is 4.90 Å². The number of carbonyl (C=O) groups is 1. The number of nitrogens with zero attached hydrogens (tertiary/aromatic N) is 1. The molecule has 0 saturated carbocycles. The van der Waals surface area contributed by atoms with E-state index in [2.05, 4.69) is 51.8 Å². The molecule has 0 aliphatic carbocycles. The Hall–Kier alpha value is -2.53. The Kier molecular flexibility index (Phi) is 8.72. The van der Waals surface area contributed by atoms with E-state index in [9.17, 15) is 4.79 Å². The fourth-order valence-corrected chi connectivity index (χ4v) is 3.46. The van der Waals surface area contributed by atoms with E-state index >= 15 is 0 Å². The molecule has 0 bridgehead atoms. The first-order chi connectivity index (χ1) is 14.2. The molecule has 0 radical (unpaired) electrons. The van der Waals surface area contributed by atoms with Gasteiger partial charge in [0.2, 0.25) is 0 Å². The maximum atomic E-state index is 12.6. The molecule has 5 nitrogen and oxygen atoms in total. The highest BCUT2D eigenvalue weighted by Gasteiger charge is 2.14. The van der Waals surface area contributed by atoms with E-state index in [-0.39, 0.29) is 5.91 Å². The number of nitrogens with one attached hydrogen (secondary N) is 1. The molecule has 0 aliphatic heterocycles. The predicted octanol–water partition coefficient (Wildman–Crippen LogP) is 5.57. The number of hydrogen-bond acceptors (Lipinski definition) is 4. The van der Waals surface area contributed by atoms with Gasteiger partial charge in [-0.2, -0.15) is 0 Å². The molecule has 0 aromatic heterocycles. The Morgan fingerprint density at radius 1 is 0.933 bits per heavy atom. The molecule has 2 aromatic rings. The van der Waals surface area contributed by atoms with Crippen LogP contribution in [0.3, 0.4) is 0 Å². The number of benzene rings is 2.